The molecule has 0 unspecified atom stereocenters. The monoisotopic (exact) mass is 272 g/mol. The first kappa shape index (κ1) is 24.2. The summed E-state index contributed by atoms with van der Waals surface area (Å²) in [4.78, 5) is 17.8. The van der Waals surface area contributed by atoms with Crippen molar-refractivity contribution in [2.24, 2.45) is 0 Å². The number of carbonyl (C=O) groups is 2. The molecule has 5 nitrogen and oxygen atoms in total. The van der Waals surface area contributed by atoms with Gasteiger partial charge in [-0.15, -0.1) is 6.07 Å². The molecule has 15 heavy (non-hydrogen) atoms. The van der Waals surface area contributed by atoms with E-state index in [9.17, 15) is 0 Å². The van der Waals surface area contributed by atoms with E-state index in [0.29, 0.717) is 0 Å². The molecule has 1 aromatic rings. The van der Waals surface area contributed by atoms with E-state index in [0.717, 1.165) is 13.8 Å². The zero-order valence-electron chi connectivity index (χ0n) is 8.98. The Balaban J connectivity index is -0.0000000575. The van der Waals surface area contributed by atoms with E-state index in [2.05, 4.69) is 10.7 Å². The van der Waals surface area contributed by atoms with E-state index >= 15 is 0 Å². The number of hydrogen-bond acceptors (Lipinski definition) is 5. The standard InChI is InChI=1S/C4H3O.2C2H4O2.Na.Zn/c1-2-4-5-3-1;2*1-2(3)4;;/h1-3H;2*1H3,(H,3,4);;/q-1;;;+1;+2/p-2. The number of carboxylic acid groups (broad SMARTS) is 2. The molecule has 0 N–H and O–H groups in total. The molecule has 0 atom stereocenters. The first-order valence-electron chi connectivity index (χ1n) is 3.21. The van der Waals surface area contributed by atoms with Crippen molar-refractivity contribution in [3.8, 4) is 0 Å². The molecule has 0 aliphatic rings. The minimum atomic E-state index is -1.08. The molecule has 1 heterocycles. The fraction of sp³-hybridized carbons (Fsp3) is 0.250. The summed E-state index contributed by atoms with van der Waals surface area (Å²) in [6, 6.07) is 3.49. The second kappa shape index (κ2) is 19.4. The van der Waals surface area contributed by atoms with Gasteiger partial charge in [-0.1, -0.05) is 6.26 Å². The van der Waals surface area contributed by atoms with E-state index in [4.69, 9.17) is 19.8 Å². The van der Waals surface area contributed by atoms with Crippen LogP contribution in [-0.2, 0) is 29.1 Å². The Morgan fingerprint density at radius 1 is 1.20 bits per heavy atom. The molecule has 0 spiro atoms. The average molecular weight is 274 g/mol. The predicted octanol–water partition coefficient (Wildman–Crippen LogP) is -4.41. The van der Waals surface area contributed by atoms with E-state index in [-0.39, 0.29) is 49.0 Å². The number of carbonyl (C=O) groups excluding carboxylic acids is 2. The topological polar surface area (TPSA) is 93.4 Å². The van der Waals surface area contributed by atoms with Gasteiger partial charge >= 0.3 is 49.0 Å². The van der Waals surface area contributed by atoms with Gasteiger partial charge in [0.2, 0.25) is 0 Å². The number of carboxylic acids is 2. The first-order valence-corrected chi connectivity index (χ1v) is 3.21. The van der Waals surface area contributed by atoms with Gasteiger partial charge in [0.05, 0.1) is 0 Å². The normalized spacial score (nSPS) is 6.00. The van der Waals surface area contributed by atoms with E-state index in [1.807, 2.05) is 0 Å². The molecule has 0 bridgehead atoms. The van der Waals surface area contributed by atoms with Crippen molar-refractivity contribution in [2.45, 2.75) is 13.8 Å². The second-order valence-electron chi connectivity index (χ2n) is 1.71. The van der Waals surface area contributed by atoms with Crippen LogP contribution in [0.5, 0.6) is 0 Å². The number of aliphatic carboxylic acids is 2. The maximum atomic E-state index is 8.89. The molecule has 0 aromatic carbocycles. The van der Waals surface area contributed by atoms with Crippen molar-refractivity contribution in [3.05, 3.63) is 24.7 Å². The molecule has 74 valence electrons. The average Bonchev–Trinajstić information content (AvgIpc) is 2.35. The van der Waals surface area contributed by atoms with Gasteiger partial charge in [0.25, 0.3) is 0 Å². The van der Waals surface area contributed by atoms with Crippen LogP contribution in [-0.4, -0.2) is 11.9 Å². The molecule has 7 heteroatoms. The van der Waals surface area contributed by atoms with Crippen molar-refractivity contribution in [1.29, 1.82) is 0 Å². The quantitative estimate of drug-likeness (QED) is 0.351. The van der Waals surface area contributed by atoms with Gasteiger partial charge in [0.15, 0.2) is 0 Å². The van der Waals surface area contributed by atoms with Crippen molar-refractivity contribution in [2.75, 3.05) is 0 Å². The van der Waals surface area contributed by atoms with Gasteiger partial charge in [-0.2, -0.15) is 6.07 Å². The van der Waals surface area contributed by atoms with Crippen LogP contribution in [0.2, 0.25) is 0 Å². The van der Waals surface area contributed by atoms with Crippen LogP contribution in [0.3, 0.4) is 0 Å². The van der Waals surface area contributed by atoms with Crippen LogP contribution < -0.4 is 39.8 Å². The Labute approximate surface area is 123 Å². The number of furan rings is 1. The third kappa shape index (κ3) is 82.8. The van der Waals surface area contributed by atoms with E-state index in [1.165, 1.54) is 0 Å². The molecule has 0 amide bonds. The number of hydrogen-bond donors (Lipinski definition) is 0. The van der Waals surface area contributed by atoms with Crippen molar-refractivity contribution in [3.63, 3.8) is 0 Å². The van der Waals surface area contributed by atoms with Crippen LogP contribution in [0, 0.1) is 6.26 Å². The Morgan fingerprint density at radius 2 is 1.53 bits per heavy atom. The summed E-state index contributed by atoms with van der Waals surface area (Å²) in [6.07, 6.45) is 4.06. The SMILES string of the molecule is CC(=O)[O-].CC(=O)[O-].[Na+].[Zn+2].[c-]1ccco1. The fourth-order valence-corrected chi connectivity index (χ4v) is 0.196. The maximum Gasteiger partial charge on any atom is 2.00 e. The summed E-state index contributed by atoms with van der Waals surface area (Å²) in [7, 11) is 0. The zero-order chi connectivity index (χ0) is 10.7. The molecular formula is C8H9NaO5Zn. The molecule has 0 saturated heterocycles. The van der Waals surface area contributed by atoms with Crippen molar-refractivity contribution in [1.82, 2.24) is 0 Å². The maximum absolute atomic E-state index is 8.89. The van der Waals surface area contributed by atoms with Crippen LogP contribution in [0.1, 0.15) is 13.8 Å². The predicted molar refractivity (Wildman–Crippen MR) is 38.9 cm³/mol. The van der Waals surface area contributed by atoms with Crippen LogP contribution in [0.15, 0.2) is 22.8 Å². The van der Waals surface area contributed by atoms with Crippen LogP contribution in [0.4, 0.5) is 0 Å². The molecule has 0 aliphatic carbocycles. The van der Waals surface area contributed by atoms with Crippen molar-refractivity contribution >= 4 is 11.9 Å². The molecule has 0 radical (unpaired) electrons. The van der Waals surface area contributed by atoms with Crippen LogP contribution in [0.25, 0.3) is 0 Å². The van der Waals surface area contributed by atoms with Gasteiger partial charge in [-0.25, -0.2) is 0 Å². The first-order chi connectivity index (χ1) is 5.96. The summed E-state index contributed by atoms with van der Waals surface area (Å²) in [5.74, 6) is -2.17. The summed E-state index contributed by atoms with van der Waals surface area (Å²) in [6.45, 7) is 1.94. The fourth-order valence-electron chi connectivity index (χ4n) is 0.196. The van der Waals surface area contributed by atoms with Gasteiger partial charge in [-0.3, -0.25) is 0 Å². The van der Waals surface area contributed by atoms with E-state index < -0.39 is 11.9 Å². The second-order valence-corrected chi connectivity index (χ2v) is 1.71. The zero-order valence-corrected chi connectivity index (χ0v) is 13.9. The Bertz CT molecular complexity index is 188. The van der Waals surface area contributed by atoms with Gasteiger partial charge in [-0.05, 0) is 20.1 Å². The Kier molecular flexibility index (Phi) is 31.3. The summed E-state index contributed by atoms with van der Waals surface area (Å²) in [5, 5.41) is 17.8. The minimum absolute atomic E-state index is 0. The van der Waals surface area contributed by atoms with E-state index in [1.54, 1.807) is 18.4 Å². The molecule has 1 rings (SSSR count). The summed E-state index contributed by atoms with van der Waals surface area (Å²) in [5.41, 5.74) is 0. The largest absolute Gasteiger partial charge is 2.00 e. The van der Waals surface area contributed by atoms with Gasteiger partial charge in [0, 0.05) is 11.9 Å². The Morgan fingerprint density at radius 3 is 1.60 bits per heavy atom. The minimum Gasteiger partial charge on any atom is -0.599 e. The van der Waals surface area contributed by atoms with Crippen molar-refractivity contribution < 1.29 is 73.3 Å². The Hall–Kier alpha value is -0.157. The summed E-state index contributed by atoms with van der Waals surface area (Å²) >= 11 is 0. The van der Waals surface area contributed by atoms with Crippen LogP contribution >= 0.6 is 0 Å². The molecule has 0 fully saturated rings. The third-order valence-corrected chi connectivity index (χ3v) is 0.379. The molecule has 0 saturated carbocycles. The molecule has 1 aromatic heterocycles. The third-order valence-electron chi connectivity index (χ3n) is 0.379. The number of rotatable bonds is 0. The molecular weight excluding hydrogens is 264 g/mol. The smallest absolute Gasteiger partial charge is 0.599 e. The van der Waals surface area contributed by atoms with Gasteiger partial charge < -0.3 is 24.2 Å². The van der Waals surface area contributed by atoms with Gasteiger partial charge in [0.1, 0.15) is 0 Å². The molecule has 0 aliphatic heterocycles. The summed E-state index contributed by atoms with van der Waals surface area (Å²) < 4.78 is 4.46.